The lowest BCUT2D eigenvalue weighted by Crippen LogP contribution is -2.40. The second kappa shape index (κ2) is 4.68. The van der Waals surface area contributed by atoms with Crippen molar-refractivity contribution in [2.24, 2.45) is 0 Å². The van der Waals surface area contributed by atoms with Gasteiger partial charge in [-0.2, -0.15) is 5.10 Å². The lowest BCUT2D eigenvalue weighted by Gasteiger charge is -2.16. The normalized spacial score (nSPS) is 18.0. The quantitative estimate of drug-likeness (QED) is 0.831. The monoisotopic (exact) mass is 264 g/mol. The van der Waals surface area contributed by atoms with Crippen molar-refractivity contribution in [3.63, 3.8) is 0 Å². The Labute approximate surface area is 112 Å². The van der Waals surface area contributed by atoms with Gasteiger partial charge >= 0.3 is 6.03 Å². The Balaban J connectivity index is 1.92. The number of imide groups is 1. The maximum absolute atomic E-state index is 12.0. The molecule has 3 amide bonds. The van der Waals surface area contributed by atoms with Crippen molar-refractivity contribution in [3.05, 3.63) is 17.5 Å². The van der Waals surface area contributed by atoms with E-state index in [1.807, 2.05) is 24.6 Å². The van der Waals surface area contributed by atoms with Gasteiger partial charge in [-0.05, 0) is 40.2 Å². The standard InChI is InChI=1S/C13H20N4O2/c1-9-8-10(2)17(15-9)7-5-6-16-11(18)13(3,4)14-12(16)19/h8H,5-7H2,1-4H3,(H,14,19). The molecule has 1 aliphatic rings. The molecule has 0 aliphatic carbocycles. The van der Waals surface area contributed by atoms with Crippen LogP contribution in [0.1, 0.15) is 31.7 Å². The van der Waals surface area contributed by atoms with Gasteiger partial charge in [0.05, 0.1) is 5.69 Å². The molecule has 1 saturated heterocycles. The van der Waals surface area contributed by atoms with Crippen LogP contribution in [0.3, 0.4) is 0 Å². The number of aryl methyl sites for hydroxylation is 3. The molecule has 2 rings (SSSR count). The van der Waals surface area contributed by atoms with E-state index < -0.39 is 5.54 Å². The average Bonchev–Trinajstić information content (AvgIpc) is 2.70. The molecule has 0 aromatic carbocycles. The summed E-state index contributed by atoms with van der Waals surface area (Å²) in [4.78, 5) is 24.9. The minimum atomic E-state index is -0.782. The fourth-order valence-electron chi connectivity index (χ4n) is 2.30. The van der Waals surface area contributed by atoms with E-state index in [0.717, 1.165) is 11.4 Å². The van der Waals surface area contributed by atoms with Gasteiger partial charge in [-0.25, -0.2) is 4.79 Å². The first kappa shape index (κ1) is 13.6. The first-order valence-corrected chi connectivity index (χ1v) is 6.46. The van der Waals surface area contributed by atoms with Crippen LogP contribution in [-0.4, -0.2) is 38.7 Å². The van der Waals surface area contributed by atoms with Gasteiger partial charge < -0.3 is 5.32 Å². The van der Waals surface area contributed by atoms with Crippen LogP contribution in [0.2, 0.25) is 0 Å². The van der Waals surface area contributed by atoms with E-state index in [1.165, 1.54) is 4.90 Å². The van der Waals surface area contributed by atoms with Gasteiger partial charge in [0.15, 0.2) is 0 Å². The molecule has 1 aromatic heterocycles. The molecule has 0 atom stereocenters. The van der Waals surface area contributed by atoms with Crippen molar-refractivity contribution >= 4 is 11.9 Å². The van der Waals surface area contributed by atoms with E-state index in [9.17, 15) is 9.59 Å². The van der Waals surface area contributed by atoms with E-state index >= 15 is 0 Å². The van der Waals surface area contributed by atoms with Crippen molar-refractivity contribution in [1.29, 1.82) is 0 Å². The smallest absolute Gasteiger partial charge is 0.324 e. The molecule has 104 valence electrons. The van der Waals surface area contributed by atoms with Crippen LogP contribution in [0, 0.1) is 13.8 Å². The predicted octanol–water partition coefficient (Wildman–Crippen LogP) is 1.22. The molecule has 2 heterocycles. The Hall–Kier alpha value is -1.85. The first-order valence-electron chi connectivity index (χ1n) is 6.46. The lowest BCUT2D eigenvalue weighted by molar-refractivity contribution is -0.130. The van der Waals surface area contributed by atoms with E-state index in [2.05, 4.69) is 10.4 Å². The Morgan fingerprint density at radius 1 is 1.26 bits per heavy atom. The molecular weight excluding hydrogens is 244 g/mol. The molecule has 0 bridgehead atoms. The molecule has 1 aromatic rings. The van der Waals surface area contributed by atoms with E-state index in [-0.39, 0.29) is 11.9 Å². The van der Waals surface area contributed by atoms with Crippen LogP contribution in [0.25, 0.3) is 0 Å². The molecule has 6 nitrogen and oxygen atoms in total. The van der Waals surface area contributed by atoms with Crippen LogP contribution < -0.4 is 5.32 Å². The molecule has 1 aliphatic heterocycles. The van der Waals surface area contributed by atoms with Gasteiger partial charge in [-0.1, -0.05) is 0 Å². The highest BCUT2D eigenvalue weighted by Crippen LogP contribution is 2.16. The maximum Gasteiger partial charge on any atom is 0.325 e. The van der Waals surface area contributed by atoms with Gasteiger partial charge in [0.25, 0.3) is 5.91 Å². The maximum atomic E-state index is 12.0. The van der Waals surface area contributed by atoms with Crippen molar-refractivity contribution < 1.29 is 9.59 Å². The highest BCUT2D eigenvalue weighted by molar-refractivity contribution is 6.06. The van der Waals surface area contributed by atoms with E-state index in [1.54, 1.807) is 13.8 Å². The number of carbonyl (C=O) groups is 2. The second-order valence-corrected chi connectivity index (χ2v) is 5.52. The third-order valence-corrected chi connectivity index (χ3v) is 3.30. The number of nitrogens with one attached hydrogen (secondary N) is 1. The fourth-order valence-corrected chi connectivity index (χ4v) is 2.30. The van der Waals surface area contributed by atoms with Crippen molar-refractivity contribution in [2.45, 2.75) is 46.2 Å². The minimum Gasteiger partial charge on any atom is -0.324 e. The Morgan fingerprint density at radius 2 is 1.95 bits per heavy atom. The van der Waals surface area contributed by atoms with Gasteiger partial charge in [-0.3, -0.25) is 14.4 Å². The SMILES string of the molecule is Cc1cc(C)n(CCCN2C(=O)NC(C)(C)C2=O)n1. The highest BCUT2D eigenvalue weighted by atomic mass is 16.2. The Bertz CT molecular complexity index is 519. The van der Waals surface area contributed by atoms with Gasteiger partial charge in [0, 0.05) is 18.8 Å². The summed E-state index contributed by atoms with van der Waals surface area (Å²) in [5, 5.41) is 7.03. The van der Waals surface area contributed by atoms with Crippen LogP contribution in [-0.2, 0) is 11.3 Å². The van der Waals surface area contributed by atoms with Crippen LogP contribution in [0.5, 0.6) is 0 Å². The molecular formula is C13H20N4O2. The molecule has 0 radical (unpaired) electrons. The van der Waals surface area contributed by atoms with Gasteiger partial charge in [0.2, 0.25) is 0 Å². The largest absolute Gasteiger partial charge is 0.325 e. The van der Waals surface area contributed by atoms with Crippen molar-refractivity contribution in [1.82, 2.24) is 20.0 Å². The zero-order valence-corrected chi connectivity index (χ0v) is 11.9. The zero-order chi connectivity index (χ0) is 14.2. The van der Waals surface area contributed by atoms with E-state index in [4.69, 9.17) is 0 Å². The van der Waals surface area contributed by atoms with Crippen LogP contribution >= 0.6 is 0 Å². The first-order chi connectivity index (χ1) is 8.81. The van der Waals surface area contributed by atoms with Crippen molar-refractivity contribution in [3.8, 4) is 0 Å². The number of nitrogens with zero attached hydrogens (tertiary/aromatic N) is 3. The van der Waals surface area contributed by atoms with E-state index in [0.29, 0.717) is 19.5 Å². The summed E-state index contributed by atoms with van der Waals surface area (Å²) in [5.41, 5.74) is 1.29. The summed E-state index contributed by atoms with van der Waals surface area (Å²) in [6, 6.07) is 1.71. The molecule has 0 unspecified atom stereocenters. The fraction of sp³-hybridized carbons (Fsp3) is 0.615. The molecule has 0 spiro atoms. The average molecular weight is 264 g/mol. The second-order valence-electron chi connectivity index (χ2n) is 5.52. The number of hydrogen-bond acceptors (Lipinski definition) is 3. The molecule has 1 N–H and O–H groups in total. The lowest BCUT2D eigenvalue weighted by atomic mass is 10.1. The topological polar surface area (TPSA) is 67.2 Å². The number of urea groups is 1. The summed E-state index contributed by atoms with van der Waals surface area (Å²) in [6.07, 6.45) is 0.706. The van der Waals surface area contributed by atoms with Crippen LogP contribution in [0.15, 0.2) is 6.07 Å². The summed E-state index contributed by atoms with van der Waals surface area (Å²) in [7, 11) is 0. The molecule has 6 heteroatoms. The summed E-state index contributed by atoms with van der Waals surface area (Å²) in [6.45, 7) is 8.51. The number of amides is 3. The number of rotatable bonds is 4. The Kier molecular flexibility index (Phi) is 3.34. The highest BCUT2D eigenvalue weighted by Gasteiger charge is 2.43. The summed E-state index contributed by atoms with van der Waals surface area (Å²) >= 11 is 0. The number of hydrogen-bond donors (Lipinski definition) is 1. The minimum absolute atomic E-state index is 0.161. The Morgan fingerprint density at radius 3 is 2.42 bits per heavy atom. The summed E-state index contributed by atoms with van der Waals surface area (Å²) < 4.78 is 1.90. The predicted molar refractivity (Wildman–Crippen MR) is 70.6 cm³/mol. The number of aromatic nitrogens is 2. The molecule has 0 saturated carbocycles. The molecule has 19 heavy (non-hydrogen) atoms. The van der Waals surface area contributed by atoms with Crippen molar-refractivity contribution in [2.75, 3.05) is 6.54 Å². The summed E-state index contributed by atoms with van der Waals surface area (Å²) in [5.74, 6) is -0.161. The third kappa shape index (κ3) is 2.62. The van der Waals surface area contributed by atoms with Crippen LogP contribution in [0.4, 0.5) is 4.79 Å². The zero-order valence-electron chi connectivity index (χ0n) is 11.9. The van der Waals surface area contributed by atoms with Gasteiger partial charge in [0.1, 0.15) is 5.54 Å². The molecule has 1 fully saturated rings. The van der Waals surface area contributed by atoms with Gasteiger partial charge in [-0.15, -0.1) is 0 Å². The third-order valence-electron chi connectivity index (χ3n) is 3.30. The number of carbonyl (C=O) groups excluding carboxylic acids is 2.